The maximum atomic E-state index is 9.60. The second kappa shape index (κ2) is 15.0. The molecule has 0 atom stereocenters. The molecule has 5 heterocycles. The molecule has 0 aliphatic rings. The lowest BCUT2D eigenvalue weighted by Crippen LogP contribution is -2.06. The molecule has 0 aliphatic carbocycles. The average molecular weight is 900 g/mol. The predicted molar refractivity (Wildman–Crippen MR) is 292 cm³/mol. The van der Waals surface area contributed by atoms with Crippen LogP contribution in [-0.2, 0) is 0 Å². The van der Waals surface area contributed by atoms with Crippen LogP contribution in [0.3, 0.4) is 0 Å². The van der Waals surface area contributed by atoms with Gasteiger partial charge in [0.1, 0.15) is 5.82 Å². The SMILES string of the molecule is [2H]c1c([2H])c([2H])c2c(c1[2H])c1c([2H])c([2H])c([2H])c([2H])c1n2-c1cc(-c2c(-c3cccc4c3c3ccccc3n4-c3ccccc3)cccc2-n2c3ccccc3c3ccccc32)nc(-n2c3ccccc3c3ccccc32)c1. The van der Waals surface area contributed by atoms with Crippen LogP contribution < -0.4 is 0 Å². The van der Waals surface area contributed by atoms with E-state index in [1.54, 1.807) is 4.57 Å². The highest BCUT2D eigenvalue weighted by molar-refractivity contribution is 6.18. The van der Waals surface area contributed by atoms with E-state index in [1.165, 1.54) is 0 Å². The van der Waals surface area contributed by atoms with E-state index >= 15 is 0 Å². The van der Waals surface area contributed by atoms with Gasteiger partial charge < -0.3 is 13.7 Å². The van der Waals surface area contributed by atoms with Crippen molar-refractivity contribution in [2.45, 2.75) is 0 Å². The minimum Gasteiger partial charge on any atom is -0.309 e. The van der Waals surface area contributed by atoms with Crippen LogP contribution in [0.2, 0.25) is 0 Å². The van der Waals surface area contributed by atoms with Crippen LogP contribution in [0.25, 0.3) is 132 Å². The van der Waals surface area contributed by atoms with E-state index in [2.05, 4.69) is 147 Å². The highest BCUT2D eigenvalue weighted by Crippen LogP contribution is 2.46. The van der Waals surface area contributed by atoms with Crippen molar-refractivity contribution in [3.8, 4) is 45.3 Å². The zero-order valence-electron chi connectivity index (χ0n) is 45.3. The number of para-hydroxylation sites is 8. The van der Waals surface area contributed by atoms with E-state index in [-0.39, 0.29) is 33.9 Å². The summed E-state index contributed by atoms with van der Waals surface area (Å²) < 4.78 is 82.0. The summed E-state index contributed by atoms with van der Waals surface area (Å²) in [5, 5.41) is 6.20. The Morgan fingerprint density at radius 3 is 1.37 bits per heavy atom. The highest BCUT2D eigenvalue weighted by atomic mass is 15.1. The smallest absolute Gasteiger partial charge is 0.140 e. The molecular weight excluding hydrogens is 851 g/mol. The van der Waals surface area contributed by atoms with Gasteiger partial charge in [0.05, 0.1) is 72.2 Å². The van der Waals surface area contributed by atoms with Gasteiger partial charge >= 0.3 is 0 Å². The lowest BCUT2D eigenvalue weighted by atomic mass is 9.92. The molecule has 5 aromatic heterocycles. The summed E-state index contributed by atoms with van der Waals surface area (Å²) in [6, 6.07) is 64.8. The van der Waals surface area contributed by atoms with Crippen LogP contribution >= 0.6 is 0 Å². The fourth-order valence-electron chi connectivity index (χ4n) is 11.2. The third-order valence-corrected chi connectivity index (χ3v) is 14.0. The van der Waals surface area contributed by atoms with Gasteiger partial charge in [-0.05, 0) is 83.9 Å². The monoisotopic (exact) mass is 899 g/mol. The van der Waals surface area contributed by atoms with Crippen LogP contribution in [0.4, 0.5) is 0 Å². The number of rotatable bonds is 6. The maximum absolute atomic E-state index is 9.60. The van der Waals surface area contributed by atoms with Crippen LogP contribution in [0, 0.1) is 0 Å². The summed E-state index contributed by atoms with van der Waals surface area (Å²) >= 11 is 0. The van der Waals surface area contributed by atoms with E-state index in [0.717, 1.165) is 93.5 Å². The Labute approximate surface area is 413 Å². The van der Waals surface area contributed by atoms with Gasteiger partial charge in [-0.15, -0.1) is 0 Å². The predicted octanol–water partition coefficient (Wildman–Crippen LogP) is 16.8. The molecule has 5 heteroatoms. The quantitative estimate of drug-likeness (QED) is 0.164. The number of benzene rings is 10. The summed E-state index contributed by atoms with van der Waals surface area (Å²) in [4.78, 5) is 5.80. The topological polar surface area (TPSA) is 32.6 Å². The van der Waals surface area contributed by atoms with Crippen LogP contribution in [0.15, 0.2) is 249 Å². The van der Waals surface area contributed by atoms with Crippen LogP contribution in [0.1, 0.15) is 11.0 Å². The average Bonchev–Trinajstić information content (AvgIpc) is 4.26. The first-order valence-corrected chi connectivity index (χ1v) is 23.3. The van der Waals surface area contributed by atoms with Crippen molar-refractivity contribution < 1.29 is 11.0 Å². The van der Waals surface area contributed by atoms with E-state index < -0.39 is 36.3 Å². The molecule has 0 saturated heterocycles. The van der Waals surface area contributed by atoms with Crippen molar-refractivity contribution in [1.82, 2.24) is 23.3 Å². The van der Waals surface area contributed by atoms with E-state index in [4.69, 9.17) is 10.5 Å². The molecule has 326 valence electrons. The number of fused-ring (bicyclic) bond motifs is 12. The Balaban J connectivity index is 1.16. The van der Waals surface area contributed by atoms with Crippen molar-refractivity contribution in [3.05, 3.63) is 249 Å². The number of aromatic nitrogens is 5. The summed E-state index contributed by atoms with van der Waals surface area (Å²) in [7, 11) is 0. The molecule has 70 heavy (non-hydrogen) atoms. The zero-order chi connectivity index (χ0) is 52.8. The first-order chi connectivity index (χ1) is 38.1. The minimum atomic E-state index is -0.507. The first kappa shape index (κ1) is 31.5. The van der Waals surface area contributed by atoms with Gasteiger partial charge in [0, 0.05) is 60.4 Å². The van der Waals surface area contributed by atoms with E-state index in [1.807, 2.05) is 66.7 Å². The summed E-state index contributed by atoms with van der Waals surface area (Å²) in [6.45, 7) is 0. The maximum Gasteiger partial charge on any atom is 0.140 e. The lowest BCUT2D eigenvalue weighted by molar-refractivity contribution is 1.06. The number of pyridine rings is 1. The molecule has 0 saturated carbocycles. The molecule has 0 unspecified atom stereocenters. The molecule has 0 spiro atoms. The minimum absolute atomic E-state index is 0.00682. The lowest BCUT2D eigenvalue weighted by Gasteiger charge is -2.21. The van der Waals surface area contributed by atoms with E-state index in [0.29, 0.717) is 17.2 Å². The summed E-state index contributed by atoms with van der Waals surface area (Å²) in [5.41, 5.74) is 11.0. The molecular formula is C65H41N5. The fraction of sp³-hybridized carbons (Fsp3) is 0. The van der Waals surface area contributed by atoms with Crippen molar-refractivity contribution in [1.29, 1.82) is 0 Å². The van der Waals surface area contributed by atoms with Gasteiger partial charge in [0.25, 0.3) is 0 Å². The molecule has 0 fully saturated rings. The molecule has 0 aliphatic heterocycles. The zero-order valence-corrected chi connectivity index (χ0v) is 37.3. The normalized spacial score (nSPS) is 13.6. The Hall–Kier alpha value is -9.45. The van der Waals surface area contributed by atoms with Gasteiger partial charge in [-0.25, -0.2) is 4.98 Å². The van der Waals surface area contributed by atoms with Gasteiger partial charge in [-0.2, -0.15) is 0 Å². The fourth-order valence-corrected chi connectivity index (χ4v) is 11.2. The third kappa shape index (κ3) is 5.51. The summed E-state index contributed by atoms with van der Waals surface area (Å²) in [6.07, 6.45) is 0. The van der Waals surface area contributed by atoms with Gasteiger partial charge in [0.2, 0.25) is 0 Å². The van der Waals surface area contributed by atoms with Crippen LogP contribution in [-0.4, -0.2) is 23.3 Å². The van der Waals surface area contributed by atoms with Crippen molar-refractivity contribution in [3.63, 3.8) is 0 Å². The van der Waals surface area contributed by atoms with Crippen molar-refractivity contribution in [2.24, 2.45) is 0 Å². The Morgan fingerprint density at radius 1 is 0.314 bits per heavy atom. The second-order valence-electron chi connectivity index (χ2n) is 17.7. The Kier molecular flexibility index (Phi) is 6.76. The molecule has 0 radical (unpaired) electrons. The Bertz CT molecular complexity index is 4900. The number of hydrogen-bond donors (Lipinski definition) is 0. The molecule has 5 nitrogen and oxygen atoms in total. The van der Waals surface area contributed by atoms with Gasteiger partial charge in [-0.3, -0.25) is 4.57 Å². The largest absolute Gasteiger partial charge is 0.309 e. The highest BCUT2D eigenvalue weighted by Gasteiger charge is 2.25. The standard InChI is InChI=1S/C65H41N5/c1-2-20-42(21-3-1)67-60-37-17-10-28-52(60)64-50(29-18-38-61(64)67)51-30-19-39-62(69-56-33-13-6-24-46(56)47-25-7-14-34-57(47)69)65(51)53-40-43(68-54-31-11-4-22-44(54)45-23-5-12-32-55(45)68)41-63(66-53)70-58-35-15-8-26-48(58)49-27-9-16-36-59(49)70/h1-41H/i4D,5D,11D,12D,22D,23D,31D,32D. The van der Waals surface area contributed by atoms with Gasteiger partial charge in [0.15, 0.2) is 0 Å². The molecule has 0 bridgehead atoms. The van der Waals surface area contributed by atoms with Gasteiger partial charge in [-0.1, -0.05) is 170 Å². The molecule has 0 N–H and O–H groups in total. The molecule has 0 amide bonds. The van der Waals surface area contributed by atoms with Crippen molar-refractivity contribution >= 4 is 87.2 Å². The second-order valence-corrected chi connectivity index (χ2v) is 17.7. The number of nitrogens with zero attached hydrogens (tertiary/aromatic N) is 5. The van der Waals surface area contributed by atoms with E-state index in [9.17, 15) is 5.48 Å². The molecule has 15 rings (SSSR count). The first-order valence-electron chi connectivity index (χ1n) is 27.3. The van der Waals surface area contributed by atoms with Crippen LogP contribution in [0.5, 0.6) is 0 Å². The molecule has 10 aromatic carbocycles. The summed E-state index contributed by atoms with van der Waals surface area (Å²) in [5.74, 6) is 0.471. The third-order valence-electron chi connectivity index (χ3n) is 14.0. The number of hydrogen-bond acceptors (Lipinski definition) is 1. The Morgan fingerprint density at radius 2 is 0.771 bits per heavy atom. The van der Waals surface area contributed by atoms with Crippen molar-refractivity contribution in [2.75, 3.05) is 0 Å². The molecule has 15 aromatic rings.